The summed E-state index contributed by atoms with van der Waals surface area (Å²) in [6.45, 7) is 1.93. The summed E-state index contributed by atoms with van der Waals surface area (Å²) in [5, 5.41) is 16.8. The van der Waals surface area contributed by atoms with E-state index in [1.807, 2.05) is 67.6 Å². The van der Waals surface area contributed by atoms with Crippen LogP contribution in [-0.4, -0.2) is 16.4 Å². The van der Waals surface area contributed by atoms with Crippen LogP contribution >= 0.6 is 11.6 Å². The summed E-state index contributed by atoms with van der Waals surface area (Å²) < 4.78 is 1.80. The molecule has 0 saturated heterocycles. The van der Waals surface area contributed by atoms with Crippen molar-refractivity contribution in [1.29, 1.82) is 5.26 Å². The molecule has 1 atom stereocenters. The van der Waals surface area contributed by atoms with E-state index in [1.165, 1.54) is 0 Å². The highest BCUT2D eigenvalue weighted by atomic mass is 35.5. The third-order valence-corrected chi connectivity index (χ3v) is 5.83. The van der Waals surface area contributed by atoms with Crippen LogP contribution in [0.25, 0.3) is 17.0 Å². The minimum Gasteiger partial charge on any atom is -0.345 e. The lowest BCUT2D eigenvalue weighted by Crippen LogP contribution is -2.27. The lowest BCUT2D eigenvalue weighted by atomic mass is 10.1. The molecule has 0 radical (unpaired) electrons. The van der Waals surface area contributed by atoms with Crippen molar-refractivity contribution in [2.24, 2.45) is 0 Å². The summed E-state index contributed by atoms with van der Waals surface area (Å²) in [5.74, 6) is -0.667. The Balaban J connectivity index is 1.56. The van der Waals surface area contributed by atoms with Crippen molar-refractivity contribution in [3.8, 4) is 6.07 Å². The van der Waals surface area contributed by atoms with Crippen LogP contribution in [-0.2, 0) is 16.1 Å². The number of rotatable bonds is 7. The summed E-state index contributed by atoms with van der Waals surface area (Å²) in [4.78, 5) is 25.5. The van der Waals surface area contributed by atoms with Gasteiger partial charge in [-0.3, -0.25) is 9.59 Å². The van der Waals surface area contributed by atoms with Crippen molar-refractivity contribution < 1.29 is 9.59 Å². The molecule has 1 aromatic heterocycles. The Morgan fingerprint density at radius 1 is 1.03 bits per heavy atom. The van der Waals surface area contributed by atoms with Crippen molar-refractivity contribution in [3.05, 3.63) is 107 Å². The number of aromatic nitrogens is 1. The molecule has 7 heteroatoms. The molecule has 0 bridgehead atoms. The third-order valence-electron chi connectivity index (χ3n) is 5.57. The molecule has 174 valence electrons. The molecule has 0 saturated carbocycles. The molecular weight excluding hydrogens is 460 g/mol. The first kappa shape index (κ1) is 23.8. The zero-order valence-corrected chi connectivity index (χ0v) is 19.8. The molecule has 0 spiro atoms. The molecule has 0 aliphatic carbocycles. The van der Waals surface area contributed by atoms with E-state index in [1.54, 1.807) is 41.1 Å². The fraction of sp³-hybridized carbons (Fsp3) is 0.107. The normalized spacial score (nSPS) is 12.1. The molecule has 6 nitrogen and oxygen atoms in total. The van der Waals surface area contributed by atoms with Crippen LogP contribution < -0.4 is 10.6 Å². The number of carbonyl (C=O) groups excluding carboxylic acids is 2. The molecule has 2 N–H and O–H groups in total. The Morgan fingerprint density at radius 3 is 2.43 bits per heavy atom. The van der Waals surface area contributed by atoms with Gasteiger partial charge in [0.15, 0.2) is 0 Å². The Hall–Kier alpha value is -4.34. The molecule has 0 aliphatic rings. The SMILES string of the molecule is C[C@H](NC(=O)/C(C#N)=C\c1cn(CC(=O)Nc2ccc(Cl)cc2)c2ccccc12)c1ccccc1. The van der Waals surface area contributed by atoms with E-state index >= 15 is 0 Å². The average Bonchev–Trinajstić information content (AvgIpc) is 3.21. The highest BCUT2D eigenvalue weighted by Crippen LogP contribution is 2.24. The van der Waals surface area contributed by atoms with Crippen LogP contribution in [0, 0.1) is 11.3 Å². The fourth-order valence-corrected chi connectivity index (χ4v) is 3.94. The van der Waals surface area contributed by atoms with Crippen molar-refractivity contribution >= 4 is 46.1 Å². The second-order valence-corrected chi connectivity index (χ2v) is 8.50. The predicted molar refractivity (Wildman–Crippen MR) is 139 cm³/mol. The van der Waals surface area contributed by atoms with Crippen molar-refractivity contribution in [3.63, 3.8) is 0 Å². The Bertz CT molecular complexity index is 1430. The van der Waals surface area contributed by atoms with Crippen molar-refractivity contribution in [2.45, 2.75) is 19.5 Å². The minimum atomic E-state index is -0.457. The molecule has 0 fully saturated rings. The van der Waals surface area contributed by atoms with Gasteiger partial charge in [0.1, 0.15) is 18.2 Å². The third kappa shape index (κ3) is 5.78. The van der Waals surface area contributed by atoms with E-state index in [0.717, 1.165) is 16.5 Å². The zero-order valence-electron chi connectivity index (χ0n) is 19.0. The number of para-hydroxylation sites is 1. The van der Waals surface area contributed by atoms with Crippen molar-refractivity contribution in [1.82, 2.24) is 9.88 Å². The molecule has 35 heavy (non-hydrogen) atoms. The van der Waals surface area contributed by atoms with Crippen LogP contribution in [0.3, 0.4) is 0 Å². The second-order valence-electron chi connectivity index (χ2n) is 8.06. The standard InChI is InChI=1S/C28H23ClN4O2/c1-19(20-7-3-2-4-8-20)31-28(35)21(16-30)15-22-17-33(26-10-6-5-9-25(22)26)18-27(34)32-24-13-11-23(29)12-14-24/h2-15,17,19H,18H2,1H3,(H,31,35)(H,32,34)/b21-15-/t19-/m0/s1. The Labute approximate surface area is 208 Å². The number of anilines is 1. The van der Waals surface area contributed by atoms with Gasteiger partial charge >= 0.3 is 0 Å². The summed E-state index contributed by atoms with van der Waals surface area (Å²) in [7, 11) is 0. The average molecular weight is 483 g/mol. The Morgan fingerprint density at radius 2 is 1.71 bits per heavy atom. The van der Waals surface area contributed by atoms with E-state index in [-0.39, 0.29) is 24.1 Å². The Kier molecular flexibility index (Phi) is 7.30. The van der Waals surface area contributed by atoms with Crippen LogP contribution in [0.1, 0.15) is 24.1 Å². The van der Waals surface area contributed by atoms with Crippen LogP contribution in [0.2, 0.25) is 5.02 Å². The maximum absolute atomic E-state index is 12.8. The first-order chi connectivity index (χ1) is 16.9. The molecule has 2 amide bonds. The maximum atomic E-state index is 12.8. The van der Waals surface area contributed by atoms with Gasteiger partial charge in [-0.1, -0.05) is 60.1 Å². The van der Waals surface area contributed by atoms with E-state index in [9.17, 15) is 14.9 Å². The van der Waals surface area contributed by atoms with Gasteiger partial charge in [0.25, 0.3) is 5.91 Å². The van der Waals surface area contributed by atoms with Crippen molar-refractivity contribution in [2.75, 3.05) is 5.32 Å². The summed E-state index contributed by atoms with van der Waals surface area (Å²) >= 11 is 5.91. The number of halogens is 1. The largest absolute Gasteiger partial charge is 0.345 e. The predicted octanol–water partition coefficient (Wildman–Crippen LogP) is 5.72. The molecule has 0 unspecified atom stereocenters. The lowest BCUT2D eigenvalue weighted by Gasteiger charge is -2.13. The highest BCUT2D eigenvalue weighted by Gasteiger charge is 2.16. The molecule has 4 rings (SSSR count). The van der Waals surface area contributed by atoms with E-state index in [2.05, 4.69) is 10.6 Å². The topological polar surface area (TPSA) is 86.9 Å². The minimum absolute atomic E-state index is 0.0127. The number of amides is 2. The first-order valence-electron chi connectivity index (χ1n) is 11.1. The number of hydrogen-bond acceptors (Lipinski definition) is 3. The van der Waals surface area contributed by atoms with Gasteiger partial charge in [-0.25, -0.2) is 0 Å². The summed E-state index contributed by atoms with van der Waals surface area (Å²) in [6.07, 6.45) is 3.33. The molecular formula is C28H23ClN4O2. The highest BCUT2D eigenvalue weighted by molar-refractivity contribution is 6.30. The number of fused-ring (bicyclic) bond motifs is 1. The zero-order chi connectivity index (χ0) is 24.8. The van der Waals surface area contributed by atoms with E-state index in [0.29, 0.717) is 16.3 Å². The van der Waals surface area contributed by atoms with Gasteiger partial charge in [0, 0.05) is 33.4 Å². The van der Waals surface area contributed by atoms with Gasteiger partial charge < -0.3 is 15.2 Å². The van der Waals surface area contributed by atoms with Crippen LogP contribution in [0.5, 0.6) is 0 Å². The quantitative estimate of drug-likeness (QED) is 0.261. The first-order valence-corrected chi connectivity index (χ1v) is 11.4. The fourth-order valence-electron chi connectivity index (χ4n) is 3.81. The maximum Gasteiger partial charge on any atom is 0.262 e. The number of nitrogens with one attached hydrogen (secondary N) is 2. The summed E-state index contributed by atoms with van der Waals surface area (Å²) in [5.41, 5.74) is 3.08. The number of carbonyl (C=O) groups is 2. The van der Waals surface area contributed by atoms with Crippen LogP contribution in [0.4, 0.5) is 5.69 Å². The number of nitriles is 1. The molecule has 3 aromatic carbocycles. The number of benzene rings is 3. The number of nitrogens with zero attached hydrogens (tertiary/aromatic N) is 2. The van der Waals surface area contributed by atoms with Crippen LogP contribution in [0.15, 0.2) is 90.6 Å². The monoisotopic (exact) mass is 482 g/mol. The van der Waals surface area contributed by atoms with Gasteiger partial charge in [-0.15, -0.1) is 0 Å². The van der Waals surface area contributed by atoms with Gasteiger partial charge in [-0.05, 0) is 48.9 Å². The smallest absolute Gasteiger partial charge is 0.262 e. The van der Waals surface area contributed by atoms with Gasteiger partial charge in [-0.2, -0.15) is 5.26 Å². The molecule has 0 aliphatic heterocycles. The summed E-state index contributed by atoms with van der Waals surface area (Å²) in [6, 6.07) is 25.7. The number of hydrogen-bond donors (Lipinski definition) is 2. The van der Waals surface area contributed by atoms with E-state index in [4.69, 9.17) is 11.6 Å². The molecule has 1 heterocycles. The lowest BCUT2D eigenvalue weighted by molar-refractivity contribution is -0.118. The second kappa shape index (κ2) is 10.7. The molecule has 4 aromatic rings. The van der Waals surface area contributed by atoms with Gasteiger partial charge in [0.05, 0.1) is 6.04 Å². The van der Waals surface area contributed by atoms with Gasteiger partial charge in [0.2, 0.25) is 5.91 Å². The van der Waals surface area contributed by atoms with E-state index < -0.39 is 5.91 Å².